The largest absolute Gasteiger partial charge is 0.472 e. The summed E-state index contributed by atoms with van der Waals surface area (Å²) in [5, 5.41) is 26.9. The molecule has 6 fully saturated rings. The van der Waals surface area contributed by atoms with Crippen molar-refractivity contribution in [1.82, 2.24) is 0 Å². The number of fused-ring (bicyclic) bond motifs is 4. The minimum Gasteiger partial charge on any atom is -0.472 e. The van der Waals surface area contributed by atoms with Crippen molar-refractivity contribution in [3.05, 3.63) is 47.5 Å². The van der Waals surface area contributed by atoms with E-state index in [1.54, 1.807) is 32.3 Å². The Labute approximate surface area is 285 Å². The van der Waals surface area contributed by atoms with E-state index < -0.39 is 86.8 Å². The first kappa shape index (κ1) is 33.1. The summed E-state index contributed by atoms with van der Waals surface area (Å²) in [7, 11) is 1.30. The number of hydrogen-bond acceptors (Lipinski definition) is 12. The third kappa shape index (κ3) is 3.24. The molecule has 4 bridgehead atoms. The lowest BCUT2D eigenvalue weighted by molar-refractivity contribution is -0.455. The summed E-state index contributed by atoms with van der Waals surface area (Å²) >= 11 is 0. The van der Waals surface area contributed by atoms with E-state index >= 15 is 0 Å². The Morgan fingerprint density at radius 2 is 1.90 bits per heavy atom. The molecule has 0 aromatic carbocycles. The molecule has 12 nitrogen and oxygen atoms in total. The van der Waals surface area contributed by atoms with E-state index in [1.807, 2.05) is 34.6 Å². The van der Waals surface area contributed by atoms with Crippen molar-refractivity contribution in [3.8, 4) is 0 Å². The molecule has 7 aliphatic rings. The van der Waals surface area contributed by atoms with Crippen LogP contribution in [-0.2, 0) is 42.8 Å². The minimum absolute atomic E-state index is 0.0190. The van der Waals surface area contributed by atoms with Crippen LogP contribution in [0.2, 0.25) is 0 Å². The highest BCUT2D eigenvalue weighted by atomic mass is 17.0. The van der Waals surface area contributed by atoms with Gasteiger partial charge in [-0.25, -0.2) is 9.59 Å². The van der Waals surface area contributed by atoms with Crippen molar-refractivity contribution >= 4 is 17.9 Å². The van der Waals surface area contributed by atoms with Gasteiger partial charge in [0.25, 0.3) is 5.97 Å². The van der Waals surface area contributed by atoms with Crippen molar-refractivity contribution in [2.75, 3.05) is 7.11 Å². The number of aliphatic hydroxyl groups is 2. The molecule has 49 heavy (non-hydrogen) atoms. The molecule has 4 heterocycles. The van der Waals surface area contributed by atoms with E-state index in [0.29, 0.717) is 36.0 Å². The second-order valence-electron chi connectivity index (χ2n) is 16.2. The number of hydrogen-bond donors (Lipinski definition) is 2. The molecule has 5 unspecified atom stereocenters. The van der Waals surface area contributed by atoms with Crippen LogP contribution in [0.4, 0.5) is 0 Å². The molecule has 1 aromatic heterocycles. The quantitative estimate of drug-likeness (QED) is 0.240. The van der Waals surface area contributed by atoms with Crippen LogP contribution in [-0.4, -0.2) is 75.8 Å². The third-order valence-corrected chi connectivity index (χ3v) is 14.5. The molecular weight excluding hydrogens is 636 g/mol. The zero-order valence-electron chi connectivity index (χ0n) is 29.3. The van der Waals surface area contributed by atoms with Crippen LogP contribution in [0.25, 0.3) is 0 Å². The van der Waals surface area contributed by atoms with E-state index in [4.69, 9.17) is 32.8 Å². The van der Waals surface area contributed by atoms with Gasteiger partial charge in [0.1, 0.15) is 29.5 Å². The molecule has 266 valence electrons. The Hall–Kier alpha value is -3.03. The second kappa shape index (κ2) is 9.64. The van der Waals surface area contributed by atoms with E-state index in [2.05, 4.69) is 0 Å². The van der Waals surface area contributed by atoms with Crippen LogP contribution in [0.5, 0.6) is 0 Å². The number of esters is 3. The topological polar surface area (TPSA) is 160 Å². The van der Waals surface area contributed by atoms with Crippen molar-refractivity contribution in [2.24, 2.45) is 28.1 Å². The van der Waals surface area contributed by atoms with Crippen molar-refractivity contribution in [3.63, 3.8) is 0 Å². The lowest BCUT2D eigenvalue weighted by Crippen LogP contribution is -2.92. The molecule has 2 saturated heterocycles. The first-order chi connectivity index (χ1) is 23.0. The maximum Gasteiger partial charge on any atom is 0.333 e. The van der Waals surface area contributed by atoms with Crippen LogP contribution in [0.15, 0.2) is 46.3 Å². The van der Waals surface area contributed by atoms with Gasteiger partial charge in [0.2, 0.25) is 0 Å². The highest BCUT2D eigenvalue weighted by Crippen LogP contribution is 2.88. The summed E-state index contributed by atoms with van der Waals surface area (Å²) in [6, 6.07) is 1.75. The van der Waals surface area contributed by atoms with Gasteiger partial charge in [-0.2, -0.15) is 0 Å². The molecule has 1 spiro atoms. The fraction of sp³-hybridized carbons (Fsp3) is 0.703. The zero-order valence-corrected chi connectivity index (χ0v) is 29.3. The van der Waals surface area contributed by atoms with Crippen LogP contribution < -0.4 is 0 Å². The molecule has 13 atom stereocenters. The van der Waals surface area contributed by atoms with Crippen molar-refractivity contribution < 1.29 is 57.4 Å². The van der Waals surface area contributed by atoms with Gasteiger partial charge in [0.05, 0.1) is 19.6 Å². The van der Waals surface area contributed by atoms with Gasteiger partial charge in [-0.1, -0.05) is 40.7 Å². The summed E-state index contributed by atoms with van der Waals surface area (Å²) < 4.78 is 44.4. The summed E-state index contributed by atoms with van der Waals surface area (Å²) in [5.74, 6) is -4.61. The van der Waals surface area contributed by atoms with E-state index in [1.165, 1.54) is 19.4 Å². The molecule has 0 amide bonds. The molecule has 3 aliphatic heterocycles. The molecular formula is C37H46O12. The highest BCUT2D eigenvalue weighted by Gasteiger charge is 3.02. The van der Waals surface area contributed by atoms with Crippen LogP contribution in [0, 0.1) is 28.1 Å². The summed E-state index contributed by atoms with van der Waals surface area (Å²) in [6.07, 6.45) is 3.74. The molecule has 8 rings (SSSR count). The SMILES string of the molecule is C/C=C(\C)C(=O)O[C@@H]1C2(O)[C@H]3OC4(C(C)CC)OC35C3=CC(=O)O[C@@H](c6ccoc6)[C@]3(C)CCC5(O4)[C@]3(C)[C@@H](CC(=O)OC)[C@@]1(C)C[C@]23O. The summed E-state index contributed by atoms with van der Waals surface area (Å²) in [4.78, 5) is 40.6. The zero-order chi connectivity index (χ0) is 35.4. The minimum atomic E-state index is -2.28. The van der Waals surface area contributed by atoms with Gasteiger partial charge in [-0.3, -0.25) is 4.79 Å². The van der Waals surface area contributed by atoms with Gasteiger partial charge in [-0.15, -0.1) is 0 Å². The van der Waals surface area contributed by atoms with E-state index in [9.17, 15) is 24.6 Å². The van der Waals surface area contributed by atoms with Gasteiger partial charge in [0.15, 0.2) is 11.2 Å². The van der Waals surface area contributed by atoms with Gasteiger partial charge in [0, 0.05) is 45.8 Å². The number of cyclic esters (lactones) is 1. The van der Waals surface area contributed by atoms with Crippen LogP contribution >= 0.6 is 0 Å². The normalized spacial score (nSPS) is 50.7. The van der Waals surface area contributed by atoms with Crippen LogP contribution in [0.1, 0.15) is 92.2 Å². The Balaban J connectivity index is 1.44. The fourth-order valence-electron chi connectivity index (χ4n) is 11.9. The predicted octanol–water partition coefficient (Wildman–Crippen LogP) is 4.19. The smallest absolute Gasteiger partial charge is 0.333 e. The van der Waals surface area contributed by atoms with Gasteiger partial charge in [-0.05, 0) is 57.1 Å². The Morgan fingerprint density at radius 1 is 1.16 bits per heavy atom. The third-order valence-electron chi connectivity index (χ3n) is 14.5. The predicted molar refractivity (Wildman–Crippen MR) is 168 cm³/mol. The summed E-state index contributed by atoms with van der Waals surface area (Å²) in [6.45, 7) is 12.9. The molecule has 4 saturated carbocycles. The molecule has 4 aliphatic carbocycles. The Morgan fingerprint density at radius 3 is 2.53 bits per heavy atom. The van der Waals surface area contributed by atoms with E-state index in [-0.39, 0.29) is 18.8 Å². The number of ether oxygens (including phenoxy) is 6. The molecule has 2 N–H and O–H groups in total. The van der Waals surface area contributed by atoms with Gasteiger partial charge >= 0.3 is 17.9 Å². The molecule has 0 radical (unpaired) electrons. The number of rotatable bonds is 7. The lowest BCUT2D eigenvalue weighted by atomic mass is 9.35. The average Bonchev–Trinajstić information content (AvgIpc) is 3.86. The number of methoxy groups -OCH3 is 1. The standard InChI is InChI=1S/C37H46O12/c1-9-19(3)27(40)46-28-31(6)18-33(41)32(7,22(31)15-24(38)43-8)34-13-12-30(5)23(16-25(39)45-26(30)21-11-14-44-17-21)36(34)29(35(28,33)42)47-37(48-34,49-36)20(4)10-2/h9,11,14,16-17,20,22,26,28-29,41-42H,10,12-13,15,18H2,1-8H3/b19-9+/t20?,22-,26-,28-,29+,30+,31+,32+,33+,34?,35?,36?,37?/m0/s1. The number of carbonyl (C=O) groups excluding carboxylic acids is 3. The van der Waals surface area contributed by atoms with Crippen molar-refractivity contribution in [2.45, 2.75) is 127 Å². The van der Waals surface area contributed by atoms with Gasteiger partial charge < -0.3 is 43.1 Å². The second-order valence-corrected chi connectivity index (χ2v) is 16.2. The number of carbonyl (C=O) groups is 3. The monoisotopic (exact) mass is 682 g/mol. The maximum absolute atomic E-state index is 13.7. The lowest BCUT2D eigenvalue weighted by Gasteiger charge is -2.75. The number of allylic oxidation sites excluding steroid dienone is 1. The Kier molecular flexibility index (Phi) is 6.52. The number of furan rings is 1. The highest BCUT2D eigenvalue weighted by molar-refractivity contribution is 5.88. The van der Waals surface area contributed by atoms with Crippen molar-refractivity contribution in [1.29, 1.82) is 0 Å². The van der Waals surface area contributed by atoms with E-state index in [0.717, 1.165) is 0 Å². The first-order valence-corrected chi connectivity index (χ1v) is 17.4. The molecule has 12 heteroatoms. The van der Waals surface area contributed by atoms with Crippen LogP contribution in [0.3, 0.4) is 0 Å². The average molecular weight is 683 g/mol. The summed E-state index contributed by atoms with van der Waals surface area (Å²) in [5.41, 5.74) is -9.36. The maximum atomic E-state index is 13.7. The molecule has 1 aromatic rings. The Bertz CT molecular complexity index is 1720. The first-order valence-electron chi connectivity index (χ1n) is 17.4. The fourth-order valence-corrected chi connectivity index (χ4v) is 11.9.